The number of hydrogen-bond donors (Lipinski definition) is 1. The number of rotatable bonds is 4. The lowest BCUT2D eigenvalue weighted by Gasteiger charge is -2.30. The molecular formula is C20H29NO5S. The largest absolute Gasteiger partial charge is 0.462 e. The lowest BCUT2D eigenvalue weighted by Crippen LogP contribution is -2.35. The highest BCUT2D eigenvalue weighted by Crippen LogP contribution is 2.41. The van der Waals surface area contributed by atoms with Crippen LogP contribution in [0.3, 0.4) is 0 Å². The van der Waals surface area contributed by atoms with Crippen LogP contribution in [0.5, 0.6) is 0 Å². The predicted molar refractivity (Wildman–Crippen MR) is 105 cm³/mol. The molecule has 2 rings (SSSR count). The summed E-state index contributed by atoms with van der Waals surface area (Å²) in [6.07, 6.45) is 0. The standard InChI is InChI=1S/C20H29NO5S/c1-10-11(2)13(4)15(14(5)12(10)3)20(8,9)27(23,24)26-16-17(22)19(6,7)25-18(16)21/h21H2,1-9H3. The monoisotopic (exact) mass is 395 g/mol. The van der Waals surface area contributed by atoms with E-state index in [0.29, 0.717) is 5.56 Å². The maximum absolute atomic E-state index is 13.2. The highest BCUT2D eigenvalue weighted by atomic mass is 32.2. The molecule has 1 aliphatic heterocycles. The van der Waals surface area contributed by atoms with E-state index in [0.717, 1.165) is 27.8 Å². The van der Waals surface area contributed by atoms with Crippen LogP contribution in [-0.2, 0) is 28.6 Å². The summed E-state index contributed by atoms with van der Waals surface area (Å²) in [5.74, 6) is -1.36. The zero-order valence-electron chi connectivity index (χ0n) is 17.5. The molecule has 1 heterocycles. The van der Waals surface area contributed by atoms with Crippen molar-refractivity contribution in [3.63, 3.8) is 0 Å². The SMILES string of the molecule is Cc1c(C)c(C)c(C(C)(C)S(=O)(=O)OC2=C(N)OC(C)(C)C2=O)c(C)c1C. The molecule has 0 spiro atoms. The fourth-order valence-electron chi connectivity index (χ4n) is 3.57. The maximum Gasteiger partial charge on any atom is 0.319 e. The molecule has 27 heavy (non-hydrogen) atoms. The topological polar surface area (TPSA) is 95.7 Å². The van der Waals surface area contributed by atoms with Gasteiger partial charge >= 0.3 is 10.1 Å². The van der Waals surface area contributed by atoms with Gasteiger partial charge < -0.3 is 14.7 Å². The molecule has 0 atom stereocenters. The number of carbonyl (C=O) groups is 1. The molecule has 2 N–H and O–H groups in total. The number of hydrogen-bond acceptors (Lipinski definition) is 6. The normalized spacial score (nSPS) is 17.3. The Labute approximate surface area is 161 Å². The van der Waals surface area contributed by atoms with Crippen molar-refractivity contribution >= 4 is 15.9 Å². The van der Waals surface area contributed by atoms with Crippen molar-refractivity contribution in [1.29, 1.82) is 0 Å². The highest BCUT2D eigenvalue weighted by Gasteiger charge is 2.48. The van der Waals surface area contributed by atoms with E-state index in [1.165, 1.54) is 13.8 Å². The van der Waals surface area contributed by atoms with Gasteiger partial charge in [-0.3, -0.25) is 4.79 Å². The molecule has 1 aromatic rings. The van der Waals surface area contributed by atoms with Crippen LogP contribution < -0.4 is 5.73 Å². The van der Waals surface area contributed by atoms with Crippen LogP contribution in [0.15, 0.2) is 11.6 Å². The molecule has 6 nitrogen and oxygen atoms in total. The van der Waals surface area contributed by atoms with Crippen molar-refractivity contribution in [2.75, 3.05) is 0 Å². The average Bonchev–Trinajstić information content (AvgIpc) is 2.72. The van der Waals surface area contributed by atoms with Gasteiger partial charge in [-0.1, -0.05) is 0 Å². The minimum absolute atomic E-state index is 0.311. The fourth-order valence-corrected chi connectivity index (χ4v) is 4.72. The van der Waals surface area contributed by atoms with Crippen LogP contribution in [0.25, 0.3) is 0 Å². The van der Waals surface area contributed by atoms with Crippen molar-refractivity contribution in [1.82, 2.24) is 0 Å². The molecule has 0 fully saturated rings. The second kappa shape index (κ2) is 6.26. The Morgan fingerprint density at radius 2 is 1.33 bits per heavy atom. The minimum atomic E-state index is -4.24. The summed E-state index contributed by atoms with van der Waals surface area (Å²) in [6.45, 7) is 16.0. The first-order valence-corrected chi connectivity index (χ1v) is 10.2. The van der Waals surface area contributed by atoms with Crippen LogP contribution in [0.4, 0.5) is 0 Å². The minimum Gasteiger partial charge on any atom is -0.462 e. The third-order valence-corrected chi connectivity index (χ3v) is 7.60. The molecule has 0 radical (unpaired) electrons. The van der Waals surface area contributed by atoms with E-state index in [-0.39, 0.29) is 5.88 Å². The number of ketones is 1. The van der Waals surface area contributed by atoms with Gasteiger partial charge in [0.2, 0.25) is 17.4 Å². The van der Waals surface area contributed by atoms with Crippen LogP contribution in [0, 0.1) is 34.6 Å². The summed E-state index contributed by atoms with van der Waals surface area (Å²) in [7, 11) is -4.24. The summed E-state index contributed by atoms with van der Waals surface area (Å²) in [5, 5.41) is 0. The molecule has 0 aromatic heterocycles. The summed E-state index contributed by atoms with van der Waals surface area (Å²) in [6, 6.07) is 0. The molecule has 0 bridgehead atoms. The zero-order valence-corrected chi connectivity index (χ0v) is 18.3. The molecule has 7 heteroatoms. The van der Waals surface area contributed by atoms with Crippen LogP contribution in [0.1, 0.15) is 61.1 Å². The third kappa shape index (κ3) is 3.12. The first-order chi connectivity index (χ1) is 12.1. The molecule has 1 aliphatic rings. The van der Waals surface area contributed by atoms with Gasteiger partial charge in [0.05, 0.1) is 0 Å². The van der Waals surface area contributed by atoms with Gasteiger partial charge in [-0.2, -0.15) is 8.42 Å². The van der Waals surface area contributed by atoms with Gasteiger partial charge in [0, 0.05) is 0 Å². The second-order valence-electron chi connectivity index (χ2n) is 8.18. The van der Waals surface area contributed by atoms with Crippen LogP contribution in [-0.4, -0.2) is 19.8 Å². The fraction of sp³-hybridized carbons (Fsp3) is 0.550. The Balaban J connectivity index is 2.61. The summed E-state index contributed by atoms with van der Waals surface area (Å²) in [5.41, 5.74) is 10.1. The van der Waals surface area contributed by atoms with Gasteiger partial charge in [0.1, 0.15) is 4.75 Å². The van der Waals surface area contributed by atoms with Gasteiger partial charge in [-0.05, 0) is 95.7 Å². The highest BCUT2D eigenvalue weighted by molar-refractivity contribution is 7.87. The van der Waals surface area contributed by atoms with Crippen molar-refractivity contribution in [3.05, 3.63) is 45.0 Å². The van der Waals surface area contributed by atoms with E-state index in [1.54, 1.807) is 13.8 Å². The lowest BCUT2D eigenvalue weighted by molar-refractivity contribution is -0.129. The first kappa shape index (κ1) is 21.3. The van der Waals surface area contributed by atoms with E-state index in [1.807, 2.05) is 34.6 Å². The molecule has 150 valence electrons. The van der Waals surface area contributed by atoms with Crippen molar-refractivity contribution in [2.45, 2.75) is 72.7 Å². The summed E-state index contributed by atoms with van der Waals surface area (Å²) >= 11 is 0. The Morgan fingerprint density at radius 1 is 0.926 bits per heavy atom. The Morgan fingerprint density at radius 3 is 1.70 bits per heavy atom. The predicted octanol–water partition coefficient (Wildman–Crippen LogP) is 3.32. The average molecular weight is 396 g/mol. The smallest absolute Gasteiger partial charge is 0.319 e. The number of benzene rings is 1. The van der Waals surface area contributed by atoms with Crippen LogP contribution >= 0.6 is 0 Å². The van der Waals surface area contributed by atoms with E-state index < -0.39 is 32.0 Å². The van der Waals surface area contributed by atoms with Crippen molar-refractivity contribution < 1.29 is 22.1 Å². The van der Waals surface area contributed by atoms with Gasteiger partial charge in [-0.25, -0.2) is 0 Å². The number of ether oxygens (including phenoxy) is 1. The number of carbonyl (C=O) groups excluding carboxylic acids is 1. The van der Waals surface area contributed by atoms with E-state index in [9.17, 15) is 13.2 Å². The quantitative estimate of drug-likeness (QED) is 0.786. The lowest BCUT2D eigenvalue weighted by atomic mass is 9.84. The molecular weight excluding hydrogens is 366 g/mol. The zero-order chi connectivity index (χ0) is 21.1. The molecule has 1 aromatic carbocycles. The molecule has 0 unspecified atom stereocenters. The number of nitrogens with two attached hydrogens (primary N) is 1. The van der Waals surface area contributed by atoms with E-state index in [2.05, 4.69) is 0 Å². The Bertz CT molecular complexity index is 940. The Hall–Kier alpha value is -2.02. The van der Waals surface area contributed by atoms with Gasteiger partial charge in [0.25, 0.3) is 0 Å². The molecule has 0 saturated heterocycles. The maximum atomic E-state index is 13.2. The number of Topliss-reactive ketones (excluding diaryl/α,β-unsaturated/α-hetero) is 1. The summed E-state index contributed by atoms with van der Waals surface area (Å²) < 4.78 is 35.5. The Kier molecular flexibility index (Phi) is 4.93. The van der Waals surface area contributed by atoms with Gasteiger partial charge in [-0.15, -0.1) is 0 Å². The third-order valence-electron chi connectivity index (χ3n) is 5.76. The van der Waals surface area contributed by atoms with Crippen molar-refractivity contribution in [2.24, 2.45) is 5.73 Å². The van der Waals surface area contributed by atoms with Crippen molar-refractivity contribution in [3.8, 4) is 0 Å². The van der Waals surface area contributed by atoms with E-state index in [4.69, 9.17) is 14.7 Å². The second-order valence-corrected chi connectivity index (χ2v) is 10.3. The first-order valence-electron chi connectivity index (χ1n) is 8.81. The van der Waals surface area contributed by atoms with E-state index >= 15 is 0 Å². The molecule has 0 amide bonds. The molecule has 0 aliphatic carbocycles. The molecule has 0 saturated carbocycles. The van der Waals surface area contributed by atoms with Crippen LogP contribution in [0.2, 0.25) is 0 Å². The summed E-state index contributed by atoms with van der Waals surface area (Å²) in [4.78, 5) is 12.4. The van der Waals surface area contributed by atoms with Gasteiger partial charge in [0.15, 0.2) is 5.60 Å².